The molecule has 24 heavy (non-hydrogen) atoms. The second-order valence-electron chi connectivity index (χ2n) is 5.57. The summed E-state index contributed by atoms with van der Waals surface area (Å²) < 4.78 is 13.0. The van der Waals surface area contributed by atoms with Gasteiger partial charge < -0.3 is 15.5 Å². The molecular weight excluding hydrogens is 327 g/mol. The highest BCUT2D eigenvalue weighted by atomic mass is 32.1. The first-order chi connectivity index (χ1) is 11.7. The van der Waals surface area contributed by atoms with Gasteiger partial charge >= 0.3 is 0 Å². The van der Waals surface area contributed by atoms with E-state index in [1.54, 1.807) is 11.3 Å². The van der Waals surface area contributed by atoms with Gasteiger partial charge in [-0.05, 0) is 30.7 Å². The summed E-state index contributed by atoms with van der Waals surface area (Å²) in [4.78, 5) is 8.73. The molecule has 2 aromatic rings. The molecule has 1 fully saturated rings. The van der Waals surface area contributed by atoms with Gasteiger partial charge in [-0.15, -0.1) is 10.2 Å². The third kappa shape index (κ3) is 4.00. The lowest BCUT2D eigenvalue weighted by Gasteiger charge is -2.36. The lowest BCUT2D eigenvalue weighted by molar-refractivity contribution is 0.380. The SMILES string of the molecule is CCc1nnc(CN=C(N)N2CCN(c3ccc(F)cc3)CC2)s1. The third-order valence-electron chi connectivity index (χ3n) is 3.98. The predicted octanol–water partition coefficient (Wildman–Crippen LogP) is 1.88. The number of benzene rings is 1. The zero-order chi connectivity index (χ0) is 16.9. The molecule has 2 heterocycles. The lowest BCUT2D eigenvalue weighted by Crippen LogP contribution is -2.51. The Morgan fingerprint density at radius 3 is 2.46 bits per heavy atom. The maximum absolute atomic E-state index is 13.0. The topological polar surface area (TPSA) is 70.6 Å². The second kappa shape index (κ2) is 7.57. The van der Waals surface area contributed by atoms with Crippen LogP contribution < -0.4 is 10.6 Å². The predicted molar refractivity (Wildman–Crippen MR) is 94.8 cm³/mol. The summed E-state index contributed by atoms with van der Waals surface area (Å²) in [6.45, 7) is 5.79. The van der Waals surface area contributed by atoms with Crippen LogP contribution in [0.15, 0.2) is 29.3 Å². The number of rotatable bonds is 4. The lowest BCUT2D eigenvalue weighted by atomic mass is 10.2. The molecule has 0 atom stereocenters. The van der Waals surface area contributed by atoms with Gasteiger partial charge in [-0.25, -0.2) is 9.38 Å². The highest BCUT2D eigenvalue weighted by Crippen LogP contribution is 2.17. The van der Waals surface area contributed by atoms with Crippen molar-refractivity contribution >= 4 is 23.0 Å². The van der Waals surface area contributed by atoms with Crippen LogP contribution in [-0.4, -0.2) is 47.2 Å². The minimum atomic E-state index is -0.211. The Hall–Kier alpha value is -2.22. The molecule has 6 nitrogen and oxygen atoms in total. The molecule has 0 bridgehead atoms. The largest absolute Gasteiger partial charge is 0.370 e. The summed E-state index contributed by atoms with van der Waals surface area (Å²) in [5.74, 6) is 0.332. The fraction of sp³-hybridized carbons (Fsp3) is 0.438. The van der Waals surface area contributed by atoms with E-state index in [0.717, 1.165) is 48.3 Å². The average molecular weight is 348 g/mol. The number of halogens is 1. The smallest absolute Gasteiger partial charge is 0.191 e. The number of aromatic nitrogens is 2. The molecule has 8 heteroatoms. The molecule has 0 amide bonds. The maximum Gasteiger partial charge on any atom is 0.191 e. The molecule has 128 valence electrons. The van der Waals surface area contributed by atoms with Gasteiger partial charge in [0, 0.05) is 31.9 Å². The molecule has 0 spiro atoms. The van der Waals surface area contributed by atoms with Crippen LogP contribution in [-0.2, 0) is 13.0 Å². The minimum Gasteiger partial charge on any atom is -0.370 e. The Morgan fingerprint density at radius 1 is 1.17 bits per heavy atom. The van der Waals surface area contributed by atoms with Crippen molar-refractivity contribution in [3.05, 3.63) is 40.1 Å². The average Bonchev–Trinajstić information content (AvgIpc) is 3.09. The zero-order valence-corrected chi connectivity index (χ0v) is 14.5. The molecule has 3 rings (SSSR count). The van der Waals surface area contributed by atoms with Crippen molar-refractivity contribution in [2.24, 2.45) is 10.7 Å². The van der Waals surface area contributed by atoms with Gasteiger partial charge in [0.2, 0.25) is 0 Å². The van der Waals surface area contributed by atoms with E-state index in [-0.39, 0.29) is 5.82 Å². The van der Waals surface area contributed by atoms with Crippen LogP contribution in [0, 0.1) is 5.82 Å². The number of nitrogens with two attached hydrogens (primary N) is 1. The highest BCUT2D eigenvalue weighted by Gasteiger charge is 2.18. The van der Waals surface area contributed by atoms with Crippen LogP contribution in [0.4, 0.5) is 10.1 Å². The van der Waals surface area contributed by atoms with Gasteiger partial charge in [0.05, 0.1) is 6.54 Å². The number of piperazine rings is 1. The van der Waals surface area contributed by atoms with E-state index >= 15 is 0 Å². The Balaban J connectivity index is 1.53. The molecule has 1 aliphatic rings. The number of anilines is 1. The van der Waals surface area contributed by atoms with Crippen molar-refractivity contribution in [1.82, 2.24) is 15.1 Å². The third-order valence-corrected chi connectivity index (χ3v) is 5.04. The molecule has 1 aromatic carbocycles. The highest BCUT2D eigenvalue weighted by molar-refractivity contribution is 7.11. The number of hydrogen-bond acceptors (Lipinski definition) is 5. The van der Waals surface area contributed by atoms with E-state index < -0.39 is 0 Å². The van der Waals surface area contributed by atoms with Crippen molar-refractivity contribution in [2.75, 3.05) is 31.1 Å². The van der Waals surface area contributed by atoms with Crippen molar-refractivity contribution in [3.8, 4) is 0 Å². The number of nitrogens with zero attached hydrogens (tertiary/aromatic N) is 5. The monoisotopic (exact) mass is 348 g/mol. The van der Waals surface area contributed by atoms with E-state index in [0.29, 0.717) is 12.5 Å². The van der Waals surface area contributed by atoms with E-state index in [4.69, 9.17) is 5.73 Å². The van der Waals surface area contributed by atoms with Gasteiger partial charge in [-0.3, -0.25) is 0 Å². The molecular formula is C16H21FN6S. The summed E-state index contributed by atoms with van der Waals surface area (Å²) in [6, 6.07) is 6.60. The molecule has 0 radical (unpaired) electrons. The summed E-state index contributed by atoms with van der Waals surface area (Å²) in [7, 11) is 0. The van der Waals surface area contributed by atoms with E-state index in [2.05, 4.69) is 31.9 Å². The Labute approximate surface area is 144 Å². The van der Waals surface area contributed by atoms with E-state index in [1.807, 2.05) is 12.1 Å². The Morgan fingerprint density at radius 2 is 1.83 bits per heavy atom. The molecule has 1 aliphatic heterocycles. The van der Waals surface area contributed by atoms with Gasteiger partial charge in [0.25, 0.3) is 0 Å². The first kappa shape index (κ1) is 16.6. The van der Waals surface area contributed by atoms with Crippen molar-refractivity contribution in [2.45, 2.75) is 19.9 Å². The van der Waals surface area contributed by atoms with Crippen LogP contribution >= 0.6 is 11.3 Å². The maximum atomic E-state index is 13.0. The minimum absolute atomic E-state index is 0.211. The first-order valence-corrected chi connectivity index (χ1v) is 8.84. The van der Waals surface area contributed by atoms with Crippen molar-refractivity contribution < 1.29 is 4.39 Å². The van der Waals surface area contributed by atoms with Crippen LogP contribution in [0.25, 0.3) is 0 Å². The number of aryl methyl sites for hydroxylation is 1. The molecule has 1 saturated heterocycles. The van der Waals surface area contributed by atoms with Crippen LogP contribution in [0.5, 0.6) is 0 Å². The second-order valence-corrected chi connectivity index (χ2v) is 6.71. The summed E-state index contributed by atoms with van der Waals surface area (Å²) in [5.41, 5.74) is 7.14. The van der Waals surface area contributed by atoms with Crippen LogP contribution in [0.3, 0.4) is 0 Å². The molecule has 0 aliphatic carbocycles. The Kier molecular flexibility index (Phi) is 5.24. The summed E-state index contributed by atoms with van der Waals surface area (Å²) in [5, 5.41) is 10.1. The van der Waals surface area contributed by atoms with E-state index in [1.165, 1.54) is 12.1 Å². The Bertz CT molecular complexity index is 691. The van der Waals surface area contributed by atoms with Gasteiger partial charge in [0.1, 0.15) is 15.8 Å². The molecule has 0 unspecified atom stereocenters. The molecule has 2 N–H and O–H groups in total. The van der Waals surface area contributed by atoms with Crippen LogP contribution in [0.2, 0.25) is 0 Å². The van der Waals surface area contributed by atoms with Crippen LogP contribution in [0.1, 0.15) is 16.9 Å². The molecule has 0 saturated carbocycles. The quantitative estimate of drug-likeness (QED) is 0.675. The number of guanidine groups is 1. The standard InChI is InChI=1S/C16H21FN6S/c1-2-14-20-21-15(24-14)11-19-16(18)23-9-7-22(8-10-23)13-5-3-12(17)4-6-13/h3-6H,2,7-11H2,1H3,(H2,18,19). The summed E-state index contributed by atoms with van der Waals surface area (Å²) in [6.07, 6.45) is 0.891. The number of aliphatic imine (C=N–C) groups is 1. The zero-order valence-electron chi connectivity index (χ0n) is 13.7. The van der Waals surface area contributed by atoms with E-state index in [9.17, 15) is 4.39 Å². The van der Waals surface area contributed by atoms with Crippen molar-refractivity contribution in [1.29, 1.82) is 0 Å². The number of hydrogen-bond donors (Lipinski definition) is 1. The van der Waals surface area contributed by atoms with Gasteiger partial charge in [-0.2, -0.15) is 0 Å². The normalized spacial score (nSPS) is 15.8. The van der Waals surface area contributed by atoms with Gasteiger partial charge in [0.15, 0.2) is 5.96 Å². The fourth-order valence-electron chi connectivity index (χ4n) is 2.59. The summed E-state index contributed by atoms with van der Waals surface area (Å²) >= 11 is 1.58. The first-order valence-electron chi connectivity index (χ1n) is 8.02. The fourth-order valence-corrected chi connectivity index (χ4v) is 3.30. The van der Waals surface area contributed by atoms with Gasteiger partial charge in [-0.1, -0.05) is 18.3 Å². The molecule has 1 aromatic heterocycles. The van der Waals surface area contributed by atoms with Crippen molar-refractivity contribution in [3.63, 3.8) is 0 Å².